The quantitative estimate of drug-likeness (QED) is 0.353. The number of hydrogen-bond donors (Lipinski definition) is 2. The molecule has 0 radical (unpaired) electrons. The Morgan fingerprint density at radius 1 is 1.19 bits per heavy atom. The maximum absolute atomic E-state index is 13.0. The molecule has 2 aromatic carbocycles. The van der Waals surface area contributed by atoms with E-state index < -0.39 is 28.1 Å². The summed E-state index contributed by atoms with van der Waals surface area (Å²) >= 11 is 0. The fraction of sp³-hybridized carbons (Fsp3) is 0.150. The SMILES string of the molecule is CC(=NNC(=O)c1ccc([N+](=O)[O-])cc1)c1c(C)[nH]n(-c2cccc(C(F)(F)F)c2)c1=O. The molecule has 0 unspecified atom stereocenters. The minimum absolute atomic E-state index is 0.0121. The summed E-state index contributed by atoms with van der Waals surface area (Å²) in [5.41, 5.74) is 1.13. The lowest BCUT2D eigenvalue weighted by atomic mass is 10.1. The molecule has 3 aromatic rings. The maximum atomic E-state index is 13.0. The Morgan fingerprint density at radius 2 is 1.84 bits per heavy atom. The molecule has 12 heteroatoms. The normalized spacial score (nSPS) is 12.0. The second-order valence-corrected chi connectivity index (χ2v) is 6.74. The molecule has 9 nitrogen and oxygen atoms in total. The van der Waals surface area contributed by atoms with Gasteiger partial charge in [-0.1, -0.05) is 6.07 Å². The number of halogens is 3. The van der Waals surface area contributed by atoms with Crippen LogP contribution in [-0.2, 0) is 6.18 Å². The monoisotopic (exact) mass is 447 g/mol. The fourth-order valence-electron chi connectivity index (χ4n) is 2.97. The number of aromatic nitrogens is 2. The topological polar surface area (TPSA) is 122 Å². The average molecular weight is 447 g/mol. The lowest BCUT2D eigenvalue weighted by molar-refractivity contribution is -0.384. The number of H-pyrrole nitrogens is 1. The van der Waals surface area contributed by atoms with Gasteiger partial charge in [-0.25, -0.2) is 10.1 Å². The van der Waals surface area contributed by atoms with Gasteiger partial charge in [0.05, 0.1) is 27.4 Å². The predicted molar refractivity (Wildman–Crippen MR) is 109 cm³/mol. The number of benzene rings is 2. The number of hydrogen-bond acceptors (Lipinski definition) is 5. The van der Waals surface area contributed by atoms with E-state index >= 15 is 0 Å². The second kappa shape index (κ2) is 8.49. The van der Waals surface area contributed by atoms with Crippen LogP contribution in [0.3, 0.4) is 0 Å². The van der Waals surface area contributed by atoms with E-state index in [1.807, 2.05) is 0 Å². The number of hydrazone groups is 1. The second-order valence-electron chi connectivity index (χ2n) is 6.74. The van der Waals surface area contributed by atoms with E-state index in [2.05, 4.69) is 15.6 Å². The predicted octanol–water partition coefficient (Wildman–Crippen LogP) is 3.56. The Morgan fingerprint density at radius 3 is 2.44 bits per heavy atom. The van der Waals surface area contributed by atoms with Crippen LogP contribution in [0, 0.1) is 17.0 Å². The highest BCUT2D eigenvalue weighted by Crippen LogP contribution is 2.30. The van der Waals surface area contributed by atoms with E-state index in [1.165, 1.54) is 38.1 Å². The van der Waals surface area contributed by atoms with Crippen LogP contribution in [0.2, 0.25) is 0 Å². The van der Waals surface area contributed by atoms with Crippen molar-refractivity contribution in [1.82, 2.24) is 15.2 Å². The van der Waals surface area contributed by atoms with Gasteiger partial charge in [0.15, 0.2) is 0 Å². The standard InChI is InChI=1S/C20H16F3N5O4/c1-11(24-25-18(29)13-6-8-15(9-7-13)28(31)32)17-12(2)26-27(19(17)30)16-5-3-4-14(10-16)20(21,22)23/h3-10,26H,1-2H3,(H,25,29). The number of nitro benzene ring substituents is 1. The Bertz CT molecular complexity index is 1270. The largest absolute Gasteiger partial charge is 0.416 e. The molecule has 3 rings (SSSR count). The number of nitrogens with one attached hydrogen (secondary N) is 2. The molecule has 32 heavy (non-hydrogen) atoms. The molecule has 0 spiro atoms. The van der Waals surface area contributed by atoms with Gasteiger partial charge in [-0.15, -0.1) is 0 Å². The van der Waals surface area contributed by atoms with Gasteiger partial charge >= 0.3 is 6.18 Å². The number of rotatable bonds is 5. The van der Waals surface area contributed by atoms with Gasteiger partial charge in [-0.2, -0.15) is 18.3 Å². The van der Waals surface area contributed by atoms with E-state index in [9.17, 15) is 32.9 Å². The van der Waals surface area contributed by atoms with E-state index in [-0.39, 0.29) is 28.2 Å². The summed E-state index contributed by atoms with van der Waals surface area (Å²) in [4.78, 5) is 35.1. The molecule has 0 atom stereocenters. The van der Waals surface area contributed by atoms with Crippen molar-refractivity contribution in [2.45, 2.75) is 20.0 Å². The van der Waals surface area contributed by atoms with Crippen LogP contribution in [0.4, 0.5) is 18.9 Å². The van der Waals surface area contributed by atoms with E-state index in [4.69, 9.17) is 0 Å². The summed E-state index contributed by atoms with van der Waals surface area (Å²) in [6.45, 7) is 2.99. The summed E-state index contributed by atoms with van der Waals surface area (Å²) in [6, 6.07) is 9.09. The number of carbonyl (C=O) groups excluding carboxylic acids is 1. The molecule has 0 saturated heterocycles. The van der Waals surface area contributed by atoms with Crippen LogP contribution in [0.5, 0.6) is 0 Å². The van der Waals surface area contributed by atoms with E-state index in [0.29, 0.717) is 5.69 Å². The van der Waals surface area contributed by atoms with Crippen molar-refractivity contribution >= 4 is 17.3 Å². The highest BCUT2D eigenvalue weighted by Gasteiger charge is 2.30. The lowest BCUT2D eigenvalue weighted by Crippen LogP contribution is -2.23. The first-order valence-electron chi connectivity index (χ1n) is 9.07. The van der Waals surface area contributed by atoms with Gasteiger partial charge in [0, 0.05) is 23.4 Å². The number of aromatic amines is 1. The molecule has 1 amide bonds. The van der Waals surface area contributed by atoms with Crippen LogP contribution in [0.1, 0.15) is 34.1 Å². The molecule has 1 heterocycles. The minimum atomic E-state index is -4.57. The van der Waals surface area contributed by atoms with Gasteiger partial charge in [-0.05, 0) is 44.2 Å². The molecule has 166 valence electrons. The van der Waals surface area contributed by atoms with Crippen molar-refractivity contribution in [1.29, 1.82) is 0 Å². The molecule has 0 aliphatic rings. The first-order chi connectivity index (χ1) is 15.0. The van der Waals surface area contributed by atoms with E-state index in [1.54, 1.807) is 0 Å². The number of amides is 1. The maximum Gasteiger partial charge on any atom is 0.416 e. The van der Waals surface area contributed by atoms with Crippen molar-refractivity contribution in [3.8, 4) is 5.69 Å². The molecule has 1 aromatic heterocycles. The highest BCUT2D eigenvalue weighted by atomic mass is 19.4. The van der Waals surface area contributed by atoms with Crippen LogP contribution in [-0.4, -0.2) is 26.3 Å². The fourth-order valence-corrected chi connectivity index (χ4v) is 2.97. The summed E-state index contributed by atoms with van der Waals surface area (Å²) in [5, 5.41) is 17.3. The number of nitrogens with zero attached hydrogens (tertiary/aromatic N) is 3. The first-order valence-corrected chi connectivity index (χ1v) is 9.07. The number of aryl methyl sites for hydroxylation is 1. The number of non-ortho nitro benzene ring substituents is 1. The first kappa shape index (κ1) is 22.5. The molecular formula is C20H16F3N5O4. The zero-order chi connectivity index (χ0) is 23.6. The average Bonchev–Trinajstić information content (AvgIpc) is 3.05. The molecule has 0 fully saturated rings. The van der Waals surface area contributed by atoms with Crippen LogP contribution in [0.15, 0.2) is 58.4 Å². The molecule has 0 aliphatic carbocycles. The molecular weight excluding hydrogens is 431 g/mol. The van der Waals surface area contributed by atoms with Crippen molar-refractivity contribution in [2.24, 2.45) is 5.10 Å². The van der Waals surface area contributed by atoms with Crippen molar-refractivity contribution in [3.05, 3.63) is 91.4 Å². The number of nitro groups is 1. The molecule has 2 N–H and O–H groups in total. The van der Waals surface area contributed by atoms with Gasteiger partial charge in [0.25, 0.3) is 17.2 Å². The van der Waals surface area contributed by atoms with Crippen LogP contribution < -0.4 is 11.0 Å². The molecule has 0 aliphatic heterocycles. The van der Waals surface area contributed by atoms with Gasteiger partial charge < -0.3 is 0 Å². The van der Waals surface area contributed by atoms with Crippen molar-refractivity contribution in [2.75, 3.05) is 0 Å². The Balaban J connectivity index is 1.86. The lowest BCUT2D eigenvalue weighted by Gasteiger charge is -2.08. The Labute approximate surface area is 178 Å². The van der Waals surface area contributed by atoms with Gasteiger partial charge in [-0.3, -0.25) is 24.8 Å². The van der Waals surface area contributed by atoms with Gasteiger partial charge in [0.1, 0.15) is 0 Å². The van der Waals surface area contributed by atoms with Gasteiger partial charge in [0.2, 0.25) is 0 Å². The molecule has 0 bridgehead atoms. The summed E-state index contributed by atoms with van der Waals surface area (Å²) in [5.74, 6) is -0.661. The smallest absolute Gasteiger partial charge is 0.295 e. The third-order valence-electron chi connectivity index (χ3n) is 4.53. The van der Waals surface area contributed by atoms with Crippen LogP contribution in [0.25, 0.3) is 5.69 Å². The van der Waals surface area contributed by atoms with Crippen molar-refractivity contribution < 1.29 is 22.9 Å². The minimum Gasteiger partial charge on any atom is -0.295 e. The van der Waals surface area contributed by atoms with Crippen LogP contribution >= 0.6 is 0 Å². The third-order valence-corrected chi connectivity index (χ3v) is 4.53. The zero-order valence-corrected chi connectivity index (χ0v) is 16.7. The zero-order valence-electron chi connectivity index (χ0n) is 16.7. The number of alkyl halides is 3. The Kier molecular flexibility index (Phi) is 5.96. The molecule has 0 saturated carbocycles. The Hall–Kier alpha value is -4.22. The van der Waals surface area contributed by atoms with E-state index in [0.717, 1.165) is 28.9 Å². The van der Waals surface area contributed by atoms with Crippen molar-refractivity contribution in [3.63, 3.8) is 0 Å². The summed E-state index contributed by atoms with van der Waals surface area (Å²) < 4.78 is 39.9. The number of carbonyl (C=O) groups is 1. The highest BCUT2D eigenvalue weighted by molar-refractivity contribution is 6.01. The summed E-state index contributed by atoms with van der Waals surface area (Å²) in [7, 11) is 0. The summed E-state index contributed by atoms with van der Waals surface area (Å²) in [6.07, 6.45) is -4.57. The third kappa shape index (κ3) is 4.58.